The number of hydrogen-bond donors (Lipinski definition) is 0. The summed E-state index contributed by atoms with van der Waals surface area (Å²) in [5, 5.41) is 0. The van der Waals surface area contributed by atoms with E-state index in [1.54, 1.807) is 0 Å². The van der Waals surface area contributed by atoms with Crippen molar-refractivity contribution in [3.63, 3.8) is 0 Å². The van der Waals surface area contributed by atoms with Crippen LogP contribution in [-0.2, 0) is 6.54 Å². The molecule has 0 radical (unpaired) electrons. The Labute approximate surface area is 200 Å². The van der Waals surface area contributed by atoms with Gasteiger partial charge in [0.25, 0.3) is 0 Å². The van der Waals surface area contributed by atoms with Crippen molar-refractivity contribution in [3.8, 4) is 5.75 Å². The smallest absolute Gasteiger partial charge is 0.125 e. The van der Waals surface area contributed by atoms with E-state index in [2.05, 4.69) is 109 Å². The molecule has 1 atom stereocenters. The van der Waals surface area contributed by atoms with Gasteiger partial charge in [-0.1, -0.05) is 80.6 Å². The second kappa shape index (κ2) is 11.5. The SMILES string of the molecule is Cc1cc(OC(CCN2CCN(Cc3ccccc3)CC2)c2ccccc2)ccc1C(C)C. The topological polar surface area (TPSA) is 15.7 Å². The highest BCUT2D eigenvalue weighted by Crippen LogP contribution is 2.29. The summed E-state index contributed by atoms with van der Waals surface area (Å²) in [4.78, 5) is 5.16. The average molecular weight is 443 g/mol. The number of ether oxygens (including phenoxy) is 1. The minimum absolute atomic E-state index is 0.0675. The lowest BCUT2D eigenvalue weighted by Crippen LogP contribution is -2.46. The zero-order valence-corrected chi connectivity index (χ0v) is 20.4. The van der Waals surface area contributed by atoms with Gasteiger partial charge in [0.1, 0.15) is 11.9 Å². The van der Waals surface area contributed by atoms with Crippen LogP contribution in [0.15, 0.2) is 78.9 Å². The fourth-order valence-electron chi connectivity index (χ4n) is 4.81. The first-order chi connectivity index (χ1) is 16.1. The van der Waals surface area contributed by atoms with Gasteiger partial charge in [-0.3, -0.25) is 4.90 Å². The third-order valence-electron chi connectivity index (χ3n) is 6.73. The van der Waals surface area contributed by atoms with Crippen LogP contribution in [0, 0.1) is 6.92 Å². The summed E-state index contributed by atoms with van der Waals surface area (Å²) in [6.45, 7) is 13.3. The van der Waals surface area contributed by atoms with E-state index in [1.807, 2.05) is 0 Å². The highest BCUT2D eigenvalue weighted by Gasteiger charge is 2.20. The van der Waals surface area contributed by atoms with Crippen molar-refractivity contribution < 1.29 is 4.74 Å². The number of rotatable bonds is 9. The summed E-state index contributed by atoms with van der Waals surface area (Å²) >= 11 is 0. The van der Waals surface area contributed by atoms with Crippen molar-refractivity contribution in [1.82, 2.24) is 9.80 Å². The standard InChI is InChI=1S/C30H38N2O/c1-24(2)29-15-14-28(22-25(29)3)33-30(27-12-8-5-9-13-27)16-17-31-18-20-32(21-19-31)23-26-10-6-4-7-11-26/h4-15,22,24,30H,16-21,23H2,1-3H3. The van der Waals surface area contributed by atoms with E-state index in [1.165, 1.54) is 22.3 Å². The van der Waals surface area contributed by atoms with Gasteiger partial charge in [0.05, 0.1) is 0 Å². The van der Waals surface area contributed by atoms with Crippen LogP contribution in [0.5, 0.6) is 5.75 Å². The molecule has 0 bridgehead atoms. The molecule has 1 aliphatic heterocycles. The molecule has 0 aliphatic carbocycles. The summed E-state index contributed by atoms with van der Waals surface area (Å²) < 4.78 is 6.57. The number of benzene rings is 3. The van der Waals surface area contributed by atoms with Crippen molar-refractivity contribution in [1.29, 1.82) is 0 Å². The lowest BCUT2D eigenvalue weighted by molar-refractivity contribution is 0.107. The summed E-state index contributed by atoms with van der Waals surface area (Å²) in [6, 6.07) is 28.1. The Morgan fingerprint density at radius 1 is 0.788 bits per heavy atom. The number of nitrogens with zero attached hydrogens (tertiary/aromatic N) is 2. The summed E-state index contributed by atoms with van der Waals surface area (Å²) in [7, 11) is 0. The molecule has 3 aromatic rings. The normalized spacial score (nSPS) is 16.1. The van der Waals surface area contributed by atoms with Crippen molar-refractivity contribution in [3.05, 3.63) is 101 Å². The van der Waals surface area contributed by atoms with Crippen molar-refractivity contribution in [2.75, 3.05) is 32.7 Å². The summed E-state index contributed by atoms with van der Waals surface area (Å²) in [5.41, 5.74) is 5.36. The van der Waals surface area contributed by atoms with Gasteiger partial charge in [0.15, 0.2) is 0 Å². The first kappa shape index (κ1) is 23.5. The highest BCUT2D eigenvalue weighted by atomic mass is 16.5. The fraction of sp³-hybridized carbons (Fsp3) is 0.400. The largest absolute Gasteiger partial charge is 0.486 e. The Balaban J connectivity index is 1.34. The van der Waals surface area contributed by atoms with Crippen molar-refractivity contribution >= 4 is 0 Å². The molecule has 0 saturated carbocycles. The minimum Gasteiger partial charge on any atom is -0.486 e. The molecule has 33 heavy (non-hydrogen) atoms. The van der Waals surface area contributed by atoms with Crippen LogP contribution in [0.3, 0.4) is 0 Å². The first-order valence-corrected chi connectivity index (χ1v) is 12.4. The Bertz CT molecular complexity index is 979. The average Bonchev–Trinajstić information content (AvgIpc) is 2.84. The zero-order valence-electron chi connectivity index (χ0n) is 20.4. The summed E-state index contributed by atoms with van der Waals surface area (Å²) in [6.07, 6.45) is 1.06. The Hall–Kier alpha value is -2.62. The molecule has 0 N–H and O–H groups in total. The molecule has 3 aromatic carbocycles. The Morgan fingerprint density at radius 2 is 1.42 bits per heavy atom. The molecular weight excluding hydrogens is 404 g/mol. The molecule has 0 spiro atoms. The Morgan fingerprint density at radius 3 is 2.06 bits per heavy atom. The van der Waals surface area contributed by atoms with E-state index >= 15 is 0 Å². The van der Waals surface area contributed by atoms with E-state index in [-0.39, 0.29) is 6.10 Å². The molecule has 0 amide bonds. The minimum atomic E-state index is 0.0675. The van der Waals surface area contributed by atoms with Crippen LogP contribution in [0.25, 0.3) is 0 Å². The molecule has 0 aromatic heterocycles. The maximum absolute atomic E-state index is 6.57. The lowest BCUT2D eigenvalue weighted by atomic mass is 9.98. The van der Waals surface area contributed by atoms with Crippen LogP contribution in [0.4, 0.5) is 0 Å². The molecule has 1 heterocycles. The van der Waals surface area contributed by atoms with Crippen molar-refractivity contribution in [2.45, 2.75) is 45.8 Å². The van der Waals surface area contributed by atoms with Gasteiger partial charge in [0.2, 0.25) is 0 Å². The molecule has 1 saturated heterocycles. The third kappa shape index (κ3) is 6.69. The number of hydrogen-bond acceptors (Lipinski definition) is 3. The van der Waals surface area contributed by atoms with Crippen LogP contribution in [0.2, 0.25) is 0 Å². The molecule has 1 aliphatic rings. The van der Waals surface area contributed by atoms with E-state index < -0.39 is 0 Å². The summed E-state index contributed by atoms with van der Waals surface area (Å²) in [5.74, 6) is 1.50. The highest BCUT2D eigenvalue weighted by molar-refractivity contribution is 5.37. The van der Waals surface area contributed by atoms with Gasteiger partial charge in [-0.15, -0.1) is 0 Å². The maximum atomic E-state index is 6.57. The molecule has 3 nitrogen and oxygen atoms in total. The van der Waals surface area contributed by atoms with E-state index in [9.17, 15) is 0 Å². The predicted molar refractivity (Wildman–Crippen MR) is 138 cm³/mol. The number of aryl methyl sites for hydroxylation is 1. The number of piperazine rings is 1. The van der Waals surface area contributed by atoms with Crippen LogP contribution < -0.4 is 4.74 Å². The molecule has 174 valence electrons. The molecule has 1 fully saturated rings. The van der Waals surface area contributed by atoms with Crippen LogP contribution in [0.1, 0.15) is 54.5 Å². The van der Waals surface area contributed by atoms with E-state index in [0.29, 0.717) is 5.92 Å². The van der Waals surface area contributed by atoms with Crippen LogP contribution in [-0.4, -0.2) is 42.5 Å². The van der Waals surface area contributed by atoms with Gasteiger partial charge in [-0.2, -0.15) is 0 Å². The van der Waals surface area contributed by atoms with Gasteiger partial charge in [0, 0.05) is 45.7 Å². The predicted octanol–water partition coefficient (Wildman–Crippen LogP) is 6.45. The Kier molecular flexibility index (Phi) is 8.20. The van der Waals surface area contributed by atoms with Crippen LogP contribution >= 0.6 is 0 Å². The second-order valence-corrected chi connectivity index (χ2v) is 9.58. The molecule has 4 rings (SSSR count). The van der Waals surface area contributed by atoms with Gasteiger partial charge >= 0.3 is 0 Å². The molecule has 3 heteroatoms. The van der Waals surface area contributed by atoms with E-state index in [0.717, 1.165) is 51.4 Å². The van der Waals surface area contributed by atoms with Crippen molar-refractivity contribution in [2.24, 2.45) is 0 Å². The third-order valence-corrected chi connectivity index (χ3v) is 6.73. The second-order valence-electron chi connectivity index (χ2n) is 9.58. The fourth-order valence-corrected chi connectivity index (χ4v) is 4.81. The maximum Gasteiger partial charge on any atom is 0.125 e. The van der Waals surface area contributed by atoms with E-state index in [4.69, 9.17) is 4.74 Å². The van der Waals surface area contributed by atoms with Gasteiger partial charge < -0.3 is 9.64 Å². The zero-order chi connectivity index (χ0) is 23.0. The van der Waals surface area contributed by atoms with Gasteiger partial charge in [-0.05, 0) is 47.2 Å². The van der Waals surface area contributed by atoms with Gasteiger partial charge in [-0.25, -0.2) is 0 Å². The quantitative estimate of drug-likeness (QED) is 0.379. The monoisotopic (exact) mass is 442 g/mol. The first-order valence-electron chi connectivity index (χ1n) is 12.4. The molecule has 1 unspecified atom stereocenters. The lowest BCUT2D eigenvalue weighted by Gasteiger charge is -2.35. The molecular formula is C30H38N2O.